The van der Waals surface area contributed by atoms with E-state index in [4.69, 9.17) is 9.47 Å². The highest BCUT2D eigenvalue weighted by molar-refractivity contribution is 7.91. The van der Waals surface area contributed by atoms with Crippen molar-refractivity contribution in [3.05, 3.63) is 41.3 Å². The van der Waals surface area contributed by atoms with Gasteiger partial charge in [-0.1, -0.05) is 19.1 Å². The predicted octanol–water partition coefficient (Wildman–Crippen LogP) is 3.02. The molecule has 0 saturated carbocycles. The van der Waals surface area contributed by atoms with Crippen molar-refractivity contribution >= 4 is 27.3 Å². The lowest BCUT2D eigenvalue weighted by Crippen LogP contribution is -2.45. The summed E-state index contributed by atoms with van der Waals surface area (Å²) in [6.07, 6.45) is 2.08. The van der Waals surface area contributed by atoms with Crippen LogP contribution in [0.5, 0.6) is 11.5 Å². The molecular weight excluding hydrogens is 412 g/mol. The monoisotopic (exact) mass is 438 g/mol. The first-order chi connectivity index (χ1) is 14.0. The van der Waals surface area contributed by atoms with E-state index in [1.54, 1.807) is 24.6 Å². The van der Waals surface area contributed by atoms with Crippen molar-refractivity contribution in [2.24, 2.45) is 0 Å². The quantitative estimate of drug-likeness (QED) is 0.651. The first-order valence-electron chi connectivity index (χ1n) is 9.60. The smallest absolute Gasteiger partial charge is 0.253 e. The molecule has 1 aliphatic rings. The molecule has 1 aliphatic heterocycles. The van der Waals surface area contributed by atoms with Crippen molar-refractivity contribution in [1.29, 1.82) is 0 Å². The van der Waals surface area contributed by atoms with Crippen LogP contribution in [0.4, 0.5) is 0 Å². The highest BCUT2D eigenvalue weighted by Gasteiger charge is 2.39. The lowest BCUT2D eigenvalue weighted by atomic mass is 10.1. The van der Waals surface area contributed by atoms with Crippen LogP contribution in [-0.4, -0.2) is 44.9 Å². The summed E-state index contributed by atoms with van der Waals surface area (Å²) in [5, 5.41) is 4.59. The number of rotatable bonds is 9. The number of nitrogens with one attached hydrogen (secondary N) is 1. The third kappa shape index (κ3) is 4.91. The normalized spacial score (nSPS) is 17.2. The van der Waals surface area contributed by atoms with Crippen LogP contribution in [0.3, 0.4) is 0 Å². The number of thiophene rings is 1. The molecule has 2 heterocycles. The molecule has 9 heteroatoms. The van der Waals surface area contributed by atoms with E-state index in [1.165, 1.54) is 4.31 Å². The molecule has 1 N–H and O–H groups in total. The Morgan fingerprint density at radius 3 is 2.83 bits per heavy atom. The molecule has 1 aromatic carbocycles. The average molecular weight is 439 g/mol. The van der Waals surface area contributed by atoms with E-state index in [0.717, 1.165) is 23.3 Å². The summed E-state index contributed by atoms with van der Waals surface area (Å²) in [6.45, 7) is 3.27. The molecule has 1 aromatic heterocycles. The lowest BCUT2D eigenvalue weighted by Gasteiger charge is -2.22. The molecule has 1 saturated heterocycles. The summed E-state index contributed by atoms with van der Waals surface area (Å²) in [4.78, 5) is 12.7. The van der Waals surface area contributed by atoms with E-state index < -0.39 is 16.1 Å². The maximum Gasteiger partial charge on any atom is 0.253 e. The van der Waals surface area contributed by atoms with Gasteiger partial charge in [-0.25, -0.2) is 8.42 Å². The van der Waals surface area contributed by atoms with Crippen molar-refractivity contribution < 1.29 is 22.7 Å². The van der Waals surface area contributed by atoms with Gasteiger partial charge in [0.15, 0.2) is 11.5 Å². The summed E-state index contributed by atoms with van der Waals surface area (Å²) in [5.41, 5.74) is 0.852. The van der Waals surface area contributed by atoms with Crippen LogP contribution in [0.1, 0.15) is 31.7 Å². The van der Waals surface area contributed by atoms with Gasteiger partial charge in [-0.05, 0) is 48.4 Å². The second-order valence-corrected chi connectivity index (χ2v) is 9.82. The summed E-state index contributed by atoms with van der Waals surface area (Å²) >= 11 is 1.16. The van der Waals surface area contributed by atoms with Crippen LogP contribution < -0.4 is 14.8 Å². The number of sulfonamides is 1. The largest absolute Gasteiger partial charge is 0.493 e. The molecule has 1 atom stereocenters. The number of carbonyl (C=O) groups is 1. The Balaban J connectivity index is 1.66. The second kappa shape index (κ2) is 9.60. The van der Waals surface area contributed by atoms with Crippen LogP contribution in [0.15, 0.2) is 39.9 Å². The molecular formula is C20H26N2O5S2. The molecule has 2 aromatic rings. The van der Waals surface area contributed by atoms with Gasteiger partial charge in [0.1, 0.15) is 10.3 Å². The van der Waals surface area contributed by atoms with E-state index in [-0.39, 0.29) is 16.7 Å². The molecule has 1 amide bonds. The highest BCUT2D eigenvalue weighted by Crippen LogP contribution is 2.30. The van der Waals surface area contributed by atoms with E-state index in [1.807, 2.05) is 25.1 Å². The Bertz CT molecular complexity index is 928. The fraction of sp³-hybridized carbons (Fsp3) is 0.450. The van der Waals surface area contributed by atoms with Crippen LogP contribution >= 0.6 is 11.3 Å². The van der Waals surface area contributed by atoms with Crippen LogP contribution in [-0.2, 0) is 21.4 Å². The van der Waals surface area contributed by atoms with Gasteiger partial charge in [-0.2, -0.15) is 4.31 Å². The Morgan fingerprint density at radius 1 is 1.31 bits per heavy atom. The molecule has 0 unspecified atom stereocenters. The average Bonchev–Trinajstić information content (AvgIpc) is 3.43. The number of benzene rings is 1. The number of carbonyl (C=O) groups excluding carboxylic acids is 1. The molecule has 3 rings (SSSR count). The molecule has 29 heavy (non-hydrogen) atoms. The van der Waals surface area contributed by atoms with E-state index >= 15 is 0 Å². The molecule has 7 nitrogen and oxygen atoms in total. The van der Waals surface area contributed by atoms with Crippen LogP contribution in [0.25, 0.3) is 0 Å². The number of nitrogens with zero attached hydrogens (tertiary/aromatic N) is 1. The zero-order valence-corrected chi connectivity index (χ0v) is 18.2. The maximum atomic E-state index is 12.8. The molecule has 0 radical (unpaired) electrons. The third-order valence-corrected chi connectivity index (χ3v) is 8.00. The van der Waals surface area contributed by atoms with Gasteiger partial charge < -0.3 is 14.8 Å². The number of hydrogen-bond donors (Lipinski definition) is 1. The zero-order chi connectivity index (χ0) is 20.9. The number of ether oxygens (including phenoxy) is 2. The number of methoxy groups -OCH3 is 1. The Kier molecular flexibility index (Phi) is 7.15. The Morgan fingerprint density at radius 2 is 2.14 bits per heavy atom. The minimum absolute atomic E-state index is 0.268. The fourth-order valence-corrected chi connectivity index (χ4v) is 6.05. The van der Waals surface area contributed by atoms with Gasteiger partial charge >= 0.3 is 0 Å². The first kappa shape index (κ1) is 21.6. The predicted molar refractivity (Wildman–Crippen MR) is 112 cm³/mol. The van der Waals surface area contributed by atoms with Crippen molar-refractivity contribution in [3.8, 4) is 11.5 Å². The van der Waals surface area contributed by atoms with Crippen molar-refractivity contribution in [2.45, 2.75) is 43.0 Å². The number of amides is 1. The van der Waals surface area contributed by atoms with Gasteiger partial charge in [-0.3, -0.25) is 4.79 Å². The van der Waals surface area contributed by atoms with E-state index in [0.29, 0.717) is 37.5 Å². The van der Waals surface area contributed by atoms with Gasteiger partial charge in [0.25, 0.3) is 10.0 Å². The topological polar surface area (TPSA) is 84.9 Å². The van der Waals surface area contributed by atoms with Gasteiger partial charge in [-0.15, -0.1) is 11.3 Å². The summed E-state index contributed by atoms with van der Waals surface area (Å²) in [7, 11) is -2.07. The van der Waals surface area contributed by atoms with E-state index in [2.05, 4.69) is 5.32 Å². The lowest BCUT2D eigenvalue weighted by molar-refractivity contribution is -0.124. The Hall–Kier alpha value is -2.10. The van der Waals surface area contributed by atoms with Crippen LogP contribution in [0, 0.1) is 0 Å². The molecule has 0 bridgehead atoms. The SMILES string of the molecule is CCCOc1ccc(CNC(=O)[C@H]2CCCN2S(=O)(=O)c2cccs2)cc1OC. The van der Waals surface area contributed by atoms with Gasteiger partial charge in [0, 0.05) is 13.1 Å². The summed E-state index contributed by atoms with van der Waals surface area (Å²) in [6, 6.07) is 8.09. The Labute approximate surface area is 175 Å². The summed E-state index contributed by atoms with van der Waals surface area (Å²) < 4.78 is 38.2. The van der Waals surface area contributed by atoms with E-state index in [9.17, 15) is 13.2 Å². The molecule has 1 fully saturated rings. The summed E-state index contributed by atoms with van der Waals surface area (Å²) in [5.74, 6) is 0.981. The van der Waals surface area contributed by atoms with Crippen molar-refractivity contribution in [2.75, 3.05) is 20.3 Å². The van der Waals surface area contributed by atoms with Gasteiger partial charge in [0.05, 0.1) is 13.7 Å². The van der Waals surface area contributed by atoms with Gasteiger partial charge in [0.2, 0.25) is 5.91 Å². The fourth-order valence-electron chi connectivity index (χ4n) is 3.28. The minimum Gasteiger partial charge on any atom is -0.493 e. The zero-order valence-electron chi connectivity index (χ0n) is 16.6. The second-order valence-electron chi connectivity index (χ2n) is 6.76. The molecule has 0 spiro atoms. The molecule has 0 aliphatic carbocycles. The third-order valence-electron chi connectivity index (χ3n) is 4.72. The molecule has 158 valence electrons. The minimum atomic E-state index is -3.64. The first-order valence-corrected chi connectivity index (χ1v) is 11.9. The maximum absolute atomic E-state index is 12.8. The van der Waals surface area contributed by atoms with Crippen molar-refractivity contribution in [3.63, 3.8) is 0 Å². The van der Waals surface area contributed by atoms with Crippen LogP contribution in [0.2, 0.25) is 0 Å². The highest BCUT2D eigenvalue weighted by atomic mass is 32.2. The van der Waals surface area contributed by atoms with Crippen molar-refractivity contribution in [1.82, 2.24) is 9.62 Å². The standard InChI is InChI=1S/C20H26N2O5S2/c1-3-11-27-17-9-8-15(13-18(17)26-2)14-21-20(23)16-6-4-10-22(16)29(24,25)19-7-5-12-28-19/h5,7-9,12-13,16H,3-4,6,10-11,14H2,1-2H3,(H,21,23)/t16-/m1/s1. The number of hydrogen-bond acceptors (Lipinski definition) is 6.